The van der Waals surface area contributed by atoms with Crippen LogP contribution in [0.5, 0.6) is 5.75 Å². The highest BCUT2D eigenvalue weighted by Crippen LogP contribution is 2.27. The largest absolute Gasteiger partial charge is 0.492 e. The molecule has 0 aliphatic rings. The Labute approximate surface area is 285 Å². The third kappa shape index (κ3) is 11.6. The molecule has 6 heterocycles. The zero-order chi connectivity index (χ0) is 33.8. The maximum Gasteiger partial charge on any atom is 0.123 e. The number of aromatic nitrogens is 6. The van der Waals surface area contributed by atoms with E-state index < -0.39 is 0 Å². The van der Waals surface area contributed by atoms with E-state index in [1.54, 1.807) is 36.9 Å². The molecule has 0 aliphatic heterocycles. The number of ether oxygens (including phenoxy) is 1. The van der Waals surface area contributed by atoms with E-state index in [1.807, 2.05) is 84.9 Å². The van der Waals surface area contributed by atoms with Crippen LogP contribution in [0.25, 0.3) is 45.6 Å². The Balaban J connectivity index is 0.000000183. The van der Waals surface area contributed by atoms with Gasteiger partial charge in [0.1, 0.15) is 12.4 Å². The molecule has 0 spiro atoms. The lowest BCUT2D eigenvalue weighted by molar-refractivity contribution is 0.283. The molecule has 0 aromatic carbocycles. The molecular formula is C37H39ClN8O2. The number of nitrogens with two attached hydrogens (primary N) is 2. The van der Waals surface area contributed by atoms with E-state index >= 15 is 0 Å². The molecule has 246 valence electrons. The van der Waals surface area contributed by atoms with Gasteiger partial charge in [0.15, 0.2) is 0 Å². The van der Waals surface area contributed by atoms with E-state index in [0.717, 1.165) is 71.4 Å². The van der Waals surface area contributed by atoms with Gasteiger partial charge >= 0.3 is 0 Å². The number of halogens is 1. The number of pyridine rings is 6. The highest BCUT2D eigenvalue weighted by atomic mass is 35.5. The number of aliphatic hydroxyl groups is 1. The summed E-state index contributed by atoms with van der Waals surface area (Å²) in [6.45, 7) is 1.97. The molecule has 0 saturated heterocycles. The molecule has 0 saturated carbocycles. The maximum absolute atomic E-state index is 8.25. The molecule has 0 bridgehead atoms. The fraction of sp³-hybridized carbons (Fsp3) is 0.189. The van der Waals surface area contributed by atoms with Crippen LogP contribution in [0.2, 0.25) is 5.02 Å². The van der Waals surface area contributed by atoms with Gasteiger partial charge in [0.25, 0.3) is 0 Å². The zero-order valence-corrected chi connectivity index (χ0v) is 27.3. The average molecular weight is 663 g/mol. The minimum Gasteiger partial charge on any atom is -0.492 e. The van der Waals surface area contributed by atoms with Crippen molar-refractivity contribution in [2.75, 3.05) is 26.3 Å². The van der Waals surface area contributed by atoms with E-state index in [2.05, 4.69) is 29.9 Å². The highest BCUT2D eigenvalue weighted by Gasteiger charge is 2.10. The fourth-order valence-electron chi connectivity index (χ4n) is 4.28. The standard InChI is InChI=1S/C17H16N4O.C15H10ClN3.C5H13NO/c18-7-10-22-13-11-16(14-5-1-3-8-19-14)21-17(12-13)15-6-2-4-9-20-15;16-11-9-14(12-5-1-3-7-17-12)19-15(10-11)13-6-2-4-8-18-13;6-4-2-1-3-5-7/h1-6,8-9,11-12H,7,10,18H2;1-10H;7H,1-6H2. The quantitative estimate of drug-likeness (QED) is 0.131. The summed E-state index contributed by atoms with van der Waals surface area (Å²) in [5, 5.41) is 8.87. The predicted octanol–water partition coefficient (Wildman–Crippen LogP) is 6.51. The van der Waals surface area contributed by atoms with Crippen LogP contribution in [0, 0.1) is 0 Å². The van der Waals surface area contributed by atoms with E-state index in [4.69, 9.17) is 32.9 Å². The average Bonchev–Trinajstić information content (AvgIpc) is 3.16. The van der Waals surface area contributed by atoms with Crippen LogP contribution in [-0.2, 0) is 0 Å². The lowest BCUT2D eigenvalue weighted by Crippen LogP contribution is -2.10. The molecule has 6 rings (SSSR count). The molecule has 0 fully saturated rings. The summed E-state index contributed by atoms with van der Waals surface area (Å²) in [5.41, 5.74) is 16.8. The van der Waals surface area contributed by atoms with Crippen LogP contribution in [-0.4, -0.2) is 61.3 Å². The minimum atomic E-state index is 0.306. The first kappa shape index (κ1) is 35.7. The molecule has 11 heteroatoms. The van der Waals surface area contributed by atoms with Crippen molar-refractivity contribution in [2.45, 2.75) is 19.3 Å². The number of hydrogen-bond acceptors (Lipinski definition) is 10. The number of hydrogen-bond donors (Lipinski definition) is 3. The third-order valence-corrected chi connectivity index (χ3v) is 6.77. The molecule has 0 unspecified atom stereocenters. The predicted molar refractivity (Wildman–Crippen MR) is 191 cm³/mol. The Morgan fingerprint density at radius 3 is 1.27 bits per heavy atom. The van der Waals surface area contributed by atoms with Crippen LogP contribution < -0.4 is 16.2 Å². The molecule has 0 atom stereocenters. The van der Waals surface area contributed by atoms with Gasteiger partial charge in [-0.05, 0) is 86.5 Å². The monoisotopic (exact) mass is 662 g/mol. The first-order valence-electron chi connectivity index (χ1n) is 15.6. The van der Waals surface area contributed by atoms with Crippen molar-refractivity contribution in [3.63, 3.8) is 0 Å². The van der Waals surface area contributed by atoms with Gasteiger partial charge in [-0.1, -0.05) is 35.9 Å². The molecule has 0 radical (unpaired) electrons. The van der Waals surface area contributed by atoms with Gasteiger partial charge in [-0.25, -0.2) is 9.97 Å². The van der Waals surface area contributed by atoms with Crippen molar-refractivity contribution in [2.24, 2.45) is 11.5 Å². The van der Waals surface area contributed by atoms with Gasteiger partial charge < -0.3 is 21.3 Å². The van der Waals surface area contributed by atoms with Crippen LogP contribution in [0.3, 0.4) is 0 Å². The number of aliphatic hydroxyl groups excluding tert-OH is 1. The Morgan fingerprint density at radius 1 is 0.521 bits per heavy atom. The molecule has 0 amide bonds. The molecular weight excluding hydrogens is 624 g/mol. The SMILES string of the molecule is Clc1cc(-c2ccccn2)nc(-c2ccccn2)c1.NCCCCCO.NCCOc1cc(-c2ccccn2)nc(-c2ccccn2)c1. The van der Waals surface area contributed by atoms with E-state index in [9.17, 15) is 0 Å². The number of unbranched alkanes of at least 4 members (excludes halogenated alkanes) is 2. The lowest BCUT2D eigenvalue weighted by Gasteiger charge is -2.09. The molecule has 48 heavy (non-hydrogen) atoms. The highest BCUT2D eigenvalue weighted by molar-refractivity contribution is 6.31. The van der Waals surface area contributed by atoms with Crippen molar-refractivity contribution in [1.29, 1.82) is 0 Å². The second-order valence-corrected chi connectivity index (χ2v) is 10.6. The van der Waals surface area contributed by atoms with Crippen molar-refractivity contribution < 1.29 is 9.84 Å². The van der Waals surface area contributed by atoms with Crippen LogP contribution in [0.15, 0.2) is 122 Å². The molecule has 0 aliphatic carbocycles. The molecule has 5 N–H and O–H groups in total. The van der Waals surface area contributed by atoms with Gasteiger partial charge in [0, 0.05) is 55.1 Å². The normalized spacial score (nSPS) is 10.2. The second-order valence-electron chi connectivity index (χ2n) is 10.2. The summed E-state index contributed by atoms with van der Waals surface area (Å²) >= 11 is 6.15. The van der Waals surface area contributed by atoms with E-state index in [0.29, 0.717) is 30.5 Å². The fourth-order valence-corrected chi connectivity index (χ4v) is 4.48. The van der Waals surface area contributed by atoms with E-state index in [-0.39, 0.29) is 0 Å². The first-order chi connectivity index (χ1) is 23.6. The summed E-state index contributed by atoms with van der Waals surface area (Å²) < 4.78 is 5.66. The van der Waals surface area contributed by atoms with Crippen LogP contribution >= 0.6 is 11.6 Å². The second kappa shape index (κ2) is 20.2. The Hall–Kier alpha value is -5.13. The topological polar surface area (TPSA) is 159 Å². The summed E-state index contributed by atoms with van der Waals surface area (Å²) in [6, 6.07) is 30.2. The number of nitrogens with zero attached hydrogens (tertiary/aromatic N) is 6. The lowest BCUT2D eigenvalue weighted by atomic mass is 10.2. The maximum atomic E-state index is 8.25. The Kier molecular flexibility index (Phi) is 15.0. The smallest absolute Gasteiger partial charge is 0.123 e. The summed E-state index contributed by atoms with van der Waals surface area (Å²) in [4.78, 5) is 26.5. The minimum absolute atomic E-state index is 0.306. The van der Waals surface area contributed by atoms with Crippen molar-refractivity contribution >= 4 is 11.6 Å². The third-order valence-electron chi connectivity index (χ3n) is 6.55. The van der Waals surface area contributed by atoms with Gasteiger partial charge in [-0.2, -0.15) is 0 Å². The van der Waals surface area contributed by atoms with Gasteiger partial charge in [0.2, 0.25) is 0 Å². The van der Waals surface area contributed by atoms with Gasteiger partial charge in [-0.3, -0.25) is 19.9 Å². The molecule has 6 aromatic heterocycles. The van der Waals surface area contributed by atoms with Crippen molar-refractivity contribution in [1.82, 2.24) is 29.9 Å². The summed E-state index contributed by atoms with van der Waals surface area (Å²) in [7, 11) is 0. The van der Waals surface area contributed by atoms with Gasteiger partial charge in [0.05, 0.1) is 45.6 Å². The number of rotatable bonds is 11. The molecule has 6 aromatic rings. The molecule has 10 nitrogen and oxygen atoms in total. The van der Waals surface area contributed by atoms with Crippen LogP contribution in [0.1, 0.15) is 19.3 Å². The zero-order valence-electron chi connectivity index (χ0n) is 26.6. The summed E-state index contributed by atoms with van der Waals surface area (Å²) in [6.07, 6.45) is 9.96. The van der Waals surface area contributed by atoms with Crippen LogP contribution in [0.4, 0.5) is 0 Å². The van der Waals surface area contributed by atoms with Crippen molar-refractivity contribution in [3.8, 4) is 51.3 Å². The summed E-state index contributed by atoms with van der Waals surface area (Å²) in [5.74, 6) is 0.710. The van der Waals surface area contributed by atoms with Gasteiger partial charge in [-0.15, -0.1) is 0 Å². The Morgan fingerprint density at radius 2 is 0.938 bits per heavy atom. The van der Waals surface area contributed by atoms with E-state index in [1.165, 1.54) is 0 Å². The Bertz CT molecular complexity index is 1650. The first-order valence-corrected chi connectivity index (χ1v) is 16.0. The van der Waals surface area contributed by atoms with Crippen molar-refractivity contribution in [3.05, 3.63) is 127 Å².